The summed E-state index contributed by atoms with van der Waals surface area (Å²) in [5.41, 5.74) is 2.23. The van der Waals surface area contributed by atoms with Crippen LogP contribution in [0.15, 0.2) is 42.5 Å². The fourth-order valence-electron chi connectivity index (χ4n) is 2.05. The number of nitro groups is 1. The van der Waals surface area contributed by atoms with Crippen molar-refractivity contribution < 1.29 is 14.8 Å². The molecule has 21 heavy (non-hydrogen) atoms. The fraction of sp³-hybridized carbons (Fsp3) is 0.250. The zero-order valence-electron chi connectivity index (χ0n) is 11.9. The Morgan fingerprint density at radius 3 is 2.67 bits per heavy atom. The third-order valence-electron chi connectivity index (χ3n) is 3.35. The number of nitro benzene ring substituents is 1. The Labute approximate surface area is 123 Å². The van der Waals surface area contributed by atoms with E-state index in [-0.39, 0.29) is 12.3 Å². The lowest BCUT2D eigenvalue weighted by atomic mass is 10.1. The third kappa shape index (κ3) is 3.58. The average Bonchev–Trinajstić information content (AvgIpc) is 2.46. The summed E-state index contributed by atoms with van der Waals surface area (Å²) in [6, 6.07) is 12.1. The van der Waals surface area contributed by atoms with Gasteiger partial charge in [-0.25, -0.2) is 0 Å². The zero-order valence-corrected chi connectivity index (χ0v) is 11.9. The second kappa shape index (κ2) is 6.37. The summed E-state index contributed by atoms with van der Waals surface area (Å²) >= 11 is 0. The minimum Gasteiger partial charge on any atom is -0.489 e. The highest BCUT2D eigenvalue weighted by atomic mass is 16.6. The van der Waals surface area contributed by atoms with Crippen molar-refractivity contribution >= 4 is 5.69 Å². The second-order valence-corrected chi connectivity index (χ2v) is 4.86. The van der Waals surface area contributed by atoms with Crippen molar-refractivity contribution in [3.8, 4) is 5.75 Å². The summed E-state index contributed by atoms with van der Waals surface area (Å²) in [5.74, 6) is 0.624. The molecule has 5 nitrogen and oxygen atoms in total. The highest BCUT2D eigenvalue weighted by molar-refractivity contribution is 5.44. The number of rotatable bonds is 5. The summed E-state index contributed by atoms with van der Waals surface area (Å²) in [7, 11) is 0. The van der Waals surface area contributed by atoms with Crippen molar-refractivity contribution in [2.75, 3.05) is 0 Å². The Kier molecular flexibility index (Phi) is 4.55. The normalized spacial score (nSPS) is 12.0. The summed E-state index contributed by atoms with van der Waals surface area (Å²) in [5, 5.41) is 20.4. The monoisotopic (exact) mass is 287 g/mol. The van der Waals surface area contributed by atoms with E-state index >= 15 is 0 Å². The Morgan fingerprint density at radius 2 is 2.00 bits per heavy atom. The Balaban J connectivity index is 2.15. The quantitative estimate of drug-likeness (QED) is 0.674. The van der Waals surface area contributed by atoms with Crippen molar-refractivity contribution in [3.05, 3.63) is 69.3 Å². The van der Waals surface area contributed by atoms with E-state index < -0.39 is 11.0 Å². The van der Waals surface area contributed by atoms with Crippen LogP contribution in [-0.4, -0.2) is 10.0 Å². The molecule has 2 rings (SSSR count). The molecular formula is C16H17NO4. The van der Waals surface area contributed by atoms with Gasteiger partial charge < -0.3 is 9.84 Å². The van der Waals surface area contributed by atoms with E-state index in [2.05, 4.69) is 0 Å². The Hall–Kier alpha value is -2.40. The average molecular weight is 287 g/mol. The number of hydrogen-bond acceptors (Lipinski definition) is 4. The molecule has 0 heterocycles. The van der Waals surface area contributed by atoms with Gasteiger partial charge in [-0.05, 0) is 37.1 Å². The summed E-state index contributed by atoms with van der Waals surface area (Å²) in [4.78, 5) is 10.5. The van der Waals surface area contributed by atoms with Crippen LogP contribution in [0.3, 0.4) is 0 Å². The van der Waals surface area contributed by atoms with Gasteiger partial charge in [0.05, 0.1) is 11.0 Å². The smallest absolute Gasteiger partial charge is 0.272 e. The summed E-state index contributed by atoms with van der Waals surface area (Å²) in [6.07, 6.45) is -0.562. The molecular weight excluding hydrogens is 270 g/mol. The number of ether oxygens (including phenoxy) is 1. The fourth-order valence-corrected chi connectivity index (χ4v) is 2.05. The van der Waals surface area contributed by atoms with Gasteiger partial charge in [-0.2, -0.15) is 0 Å². The lowest BCUT2D eigenvalue weighted by Crippen LogP contribution is -2.01. The lowest BCUT2D eigenvalue weighted by Gasteiger charge is -2.11. The number of benzene rings is 2. The first-order chi connectivity index (χ1) is 9.99. The molecule has 2 aromatic rings. The standard InChI is InChI=1S/C16H17NO4/c1-11-14(6-4-8-16(11)17(19)20)10-21-15-7-3-5-13(9-15)12(2)18/h3-9,12,18H,10H2,1-2H3/t12-/m1/s1. The first-order valence-electron chi connectivity index (χ1n) is 6.62. The van der Waals surface area contributed by atoms with Crippen LogP contribution >= 0.6 is 0 Å². The van der Waals surface area contributed by atoms with Crippen LogP contribution in [-0.2, 0) is 6.61 Å². The highest BCUT2D eigenvalue weighted by Gasteiger charge is 2.13. The maximum atomic E-state index is 10.9. The molecule has 0 unspecified atom stereocenters. The number of nitrogens with zero attached hydrogens (tertiary/aromatic N) is 1. The molecule has 0 amide bonds. The van der Waals surface area contributed by atoms with E-state index in [1.165, 1.54) is 6.07 Å². The van der Waals surface area contributed by atoms with Gasteiger partial charge in [0.1, 0.15) is 12.4 Å². The molecule has 0 aliphatic rings. The van der Waals surface area contributed by atoms with Crippen LogP contribution in [0.1, 0.15) is 29.7 Å². The van der Waals surface area contributed by atoms with E-state index in [0.29, 0.717) is 11.3 Å². The van der Waals surface area contributed by atoms with Gasteiger partial charge in [-0.15, -0.1) is 0 Å². The molecule has 110 valence electrons. The van der Waals surface area contributed by atoms with Gasteiger partial charge in [0, 0.05) is 11.6 Å². The summed E-state index contributed by atoms with van der Waals surface area (Å²) in [6.45, 7) is 3.64. The zero-order chi connectivity index (χ0) is 15.4. The molecule has 0 saturated carbocycles. The van der Waals surface area contributed by atoms with Crippen LogP contribution < -0.4 is 4.74 Å². The van der Waals surface area contributed by atoms with Crippen LogP contribution in [0.25, 0.3) is 0 Å². The molecule has 1 atom stereocenters. The van der Waals surface area contributed by atoms with Crippen LogP contribution in [0.4, 0.5) is 5.69 Å². The Morgan fingerprint density at radius 1 is 1.29 bits per heavy atom. The number of hydrogen-bond donors (Lipinski definition) is 1. The van der Waals surface area contributed by atoms with Crippen molar-refractivity contribution in [3.63, 3.8) is 0 Å². The van der Waals surface area contributed by atoms with E-state index in [1.807, 2.05) is 6.07 Å². The third-order valence-corrected chi connectivity index (χ3v) is 3.35. The first kappa shape index (κ1) is 15.0. The van der Waals surface area contributed by atoms with Crippen molar-refractivity contribution in [2.45, 2.75) is 26.6 Å². The molecule has 0 aliphatic heterocycles. The largest absolute Gasteiger partial charge is 0.489 e. The van der Waals surface area contributed by atoms with Gasteiger partial charge in [-0.1, -0.05) is 24.3 Å². The van der Waals surface area contributed by atoms with Crippen molar-refractivity contribution in [2.24, 2.45) is 0 Å². The molecule has 0 bridgehead atoms. The van der Waals surface area contributed by atoms with Crippen LogP contribution in [0.2, 0.25) is 0 Å². The number of aliphatic hydroxyl groups is 1. The predicted octanol–water partition coefficient (Wildman–Crippen LogP) is 3.54. The van der Waals surface area contributed by atoms with E-state index in [4.69, 9.17) is 4.74 Å². The van der Waals surface area contributed by atoms with E-state index in [9.17, 15) is 15.2 Å². The second-order valence-electron chi connectivity index (χ2n) is 4.86. The minimum absolute atomic E-state index is 0.0915. The molecule has 0 saturated heterocycles. The van der Waals surface area contributed by atoms with Crippen LogP contribution in [0, 0.1) is 17.0 Å². The maximum absolute atomic E-state index is 10.9. The van der Waals surface area contributed by atoms with Gasteiger partial charge in [-0.3, -0.25) is 10.1 Å². The molecule has 0 fully saturated rings. The van der Waals surface area contributed by atoms with E-state index in [0.717, 1.165) is 11.1 Å². The van der Waals surface area contributed by atoms with E-state index in [1.54, 1.807) is 44.2 Å². The molecule has 5 heteroatoms. The summed E-state index contributed by atoms with van der Waals surface area (Å²) < 4.78 is 5.66. The van der Waals surface area contributed by atoms with Crippen molar-refractivity contribution in [1.82, 2.24) is 0 Å². The minimum atomic E-state index is -0.562. The van der Waals surface area contributed by atoms with Crippen LogP contribution in [0.5, 0.6) is 5.75 Å². The first-order valence-corrected chi connectivity index (χ1v) is 6.62. The maximum Gasteiger partial charge on any atom is 0.272 e. The van der Waals surface area contributed by atoms with Crippen molar-refractivity contribution in [1.29, 1.82) is 0 Å². The predicted molar refractivity (Wildman–Crippen MR) is 79.2 cm³/mol. The molecule has 0 aromatic heterocycles. The molecule has 1 N–H and O–H groups in total. The van der Waals surface area contributed by atoms with Gasteiger partial charge in [0.25, 0.3) is 5.69 Å². The topological polar surface area (TPSA) is 72.6 Å². The molecule has 0 aliphatic carbocycles. The van der Waals surface area contributed by atoms with Gasteiger partial charge in [0.2, 0.25) is 0 Å². The highest BCUT2D eigenvalue weighted by Crippen LogP contribution is 2.24. The molecule has 2 aromatic carbocycles. The van der Waals surface area contributed by atoms with Gasteiger partial charge >= 0.3 is 0 Å². The van der Waals surface area contributed by atoms with Gasteiger partial charge in [0.15, 0.2) is 0 Å². The SMILES string of the molecule is Cc1c(COc2cccc([C@@H](C)O)c2)cccc1[N+](=O)[O-]. The number of aliphatic hydroxyl groups excluding tert-OH is 1. The molecule has 0 spiro atoms. The Bertz CT molecular complexity index is 652. The lowest BCUT2D eigenvalue weighted by molar-refractivity contribution is -0.385. The molecule has 0 radical (unpaired) electrons.